The number of amides is 1. The molecule has 0 aromatic rings. The molecule has 0 unspecified atom stereocenters. The Balaban J connectivity index is 2.89. The first-order valence-electron chi connectivity index (χ1n) is 7.90. The second-order valence-corrected chi connectivity index (χ2v) is 6.36. The van der Waals surface area contributed by atoms with Gasteiger partial charge in [0, 0.05) is 24.8 Å². The van der Waals surface area contributed by atoms with Crippen LogP contribution in [0.3, 0.4) is 0 Å². The molecule has 1 fully saturated rings. The summed E-state index contributed by atoms with van der Waals surface area (Å²) >= 11 is 0. The van der Waals surface area contributed by atoms with Crippen LogP contribution in [0.1, 0.15) is 46.5 Å². The predicted molar refractivity (Wildman–Crippen MR) is 79.7 cm³/mol. The van der Waals surface area contributed by atoms with Gasteiger partial charge < -0.3 is 10.1 Å². The molecule has 3 N–H and O–H groups in total. The normalized spacial score (nSPS) is 28.0. The van der Waals surface area contributed by atoms with Gasteiger partial charge in [0.05, 0.1) is 13.2 Å². The van der Waals surface area contributed by atoms with Gasteiger partial charge in [0.25, 0.3) is 0 Å². The SMILES string of the molecule is CC(C)C[C@H]1C(=O)N[C@H](C)CCOC(=O)CC[C@@H]1CONO. The van der Waals surface area contributed by atoms with Gasteiger partial charge in [-0.2, -0.15) is 0 Å². The molecule has 1 rings (SSSR count). The summed E-state index contributed by atoms with van der Waals surface area (Å²) in [6.45, 7) is 6.48. The number of carbonyl (C=O) groups is 2. The van der Waals surface area contributed by atoms with Crippen molar-refractivity contribution in [2.24, 2.45) is 17.8 Å². The van der Waals surface area contributed by atoms with Crippen molar-refractivity contribution in [2.75, 3.05) is 13.2 Å². The highest BCUT2D eigenvalue weighted by atomic mass is 16.8. The number of cyclic esters (lactones) is 1. The van der Waals surface area contributed by atoms with Gasteiger partial charge in [0.2, 0.25) is 5.91 Å². The Labute approximate surface area is 131 Å². The standard InChI is InChI=1S/C15H28N2O5/c1-10(2)8-13-12(9-22-17-20)4-5-14(18)21-7-6-11(3)16-15(13)19/h10-13,17,20H,4-9H2,1-3H3,(H,16,19)/t11-,12-,13-/m1/s1. The van der Waals surface area contributed by atoms with Crippen LogP contribution in [0.15, 0.2) is 0 Å². The first-order valence-corrected chi connectivity index (χ1v) is 7.90. The lowest BCUT2D eigenvalue weighted by atomic mass is 9.82. The predicted octanol–water partition coefficient (Wildman–Crippen LogP) is 1.41. The van der Waals surface area contributed by atoms with Crippen molar-refractivity contribution in [3.05, 3.63) is 0 Å². The number of esters is 1. The summed E-state index contributed by atoms with van der Waals surface area (Å²) in [6.07, 6.45) is 2.04. The van der Waals surface area contributed by atoms with Crippen LogP contribution in [-0.2, 0) is 19.2 Å². The van der Waals surface area contributed by atoms with Gasteiger partial charge in [-0.25, -0.2) is 0 Å². The molecule has 1 heterocycles. The Bertz CT molecular complexity index is 362. The summed E-state index contributed by atoms with van der Waals surface area (Å²) in [6, 6.07) is -0.0504. The van der Waals surface area contributed by atoms with E-state index in [9.17, 15) is 9.59 Å². The van der Waals surface area contributed by atoms with Crippen molar-refractivity contribution < 1.29 is 24.4 Å². The van der Waals surface area contributed by atoms with E-state index >= 15 is 0 Å². The Morgan fingerprint density at radius 2 is 2.14 bits per heavy atom. The monoisotopic (exact) mass is 316 g/mol. The maximum Gasteiger partial charge on any atom is 0.305 e. The fourth-order valence-electron chi connectivity index (χ4n) is 2.71. The highest BCUT2D eigenvalue weighted by Crippen LogP contribution is 2.26. The minimum Gasteiger partial charge on any atom is -0.466 e. The van der Waals surface area contributed by atoms with E-state index in [-0.39, 0.29) is 42.8 Å². The van der Waals surface area contributed by atoms with Crippen LogP contribution in [0.5, 0.6) is 0 Å². The average molecular weight is 316 g/mol. The summed E-state index contributed by atoms with van der Waals surface area (Å²) in [4.78, 5) is 29.2. The molecule has 0 aromatic carbocycles. The molecule has 1 aliphatic heterocycles. The Hall–Kier alpha value is -1.18. The average Bonchev–Trinajstić information content (AvgIpc) is 2.46. The third-order valence-corrected chi connectivity index (χ3v) is 3.91. The molecule has 3 atom stereocenters. The van der Waals surface area contributed by atoms with Crippen LogP contribution < -0.4 is 11.0 Å². The fraction of sp³-hybridized carbons (Fsp3) is 0.867. The van der Waals surface area contributed by atoms with Gasteiger partial charge >= 0.3 is 5.97 Å². The molecule has 0 radical (unpaired) electrons. The maximum atomic E-state index is 12.6. The number of nitrogens with one attached hydrogen (secondary N) is 2. The Kier molecular flexibility index (Phi) is 8.37. The van der Waals surface area contributed by atoms with E-state index in [4.69, 9.17) is 14.8 Å². The zero-order valence-corrected chi connectivity index (χ0v) is 13.6. The first-order chi connectivity index (χ1) is 10.4. The van der Waals surface area contributed by atoms with Gasteiger partial charge in [0.15, 0.2) is 0 Å². The number of carbonyl (C=O) groups excluding carboxylic acids is 2. The van der Waals surface area contributed by atoms with E-state index in [0.717, 1.165) is 0 Å². The molecule has 128 valence electrons. The lowest BCUT2D eigenvalue weighted by Crippen LogP contribution is -2.42. The van der Waals surface area contributed by atoms with Crippen molar-refractivity contribution in [3.8, 4) is 0 Å². The van der Waals surface area contributed by atoms with Crippen molar-refractivity contribution in [2.45, 2.75) is 52.5 Å². The van der Waals surface area contributed by atoms with Crippen LogP contribution in [0.2, 0.25) is 0 Å². The van der Waals surface area contributed by atoms with E-state index in [1.54, 1.807) is 5.64 Å². The third-order valence-electron chi connectivity index (χ3n) is 3.91. The topological polar surface area (TPSA) is 96.9 Å². The third kappa shape index (κ3) is 6.72. The number of ether oxygens (including phenoxy) is 1. The van der Waals surface area contributed by atoms with Gasteiger partial charge in [-0.05, 0) is 31.6 Å². The second-order valence-electron chi connectivity index (χ2n) is 6.36. The van der Waals surface area contributed by atoms with E-state index in [1.807, 2.05) is 6.92 Å². The van der Waals surface area contributed by atoms with Crippen LogP contribution in [0.25, 0.3) is 0 Å². The molecule has 0 aromatic heterocycles. The molecule has 1 aliphatic rings. The van der Waals surface area contributed by atoms with Crippen LogP contribution in [0.4, 0.5) is 0 Å². The minimum atomic E-state index is -0.262. The van der Waals surface area contributed by atoms with Gasteiger partial charge in [-0.15, -0.1) is 0 Å². The molecule has 22 heavy (non-hydrogen) atoms. The number of hydrogen-bond donors (Lipinski definition) is 3. The lowest BCUT2D eigenvalue weighted by Gasteiger charge is -2.28. The van der Waals surface area contributed by atoms with E-state index in [1.165, 1.54) is 0 Å². The number of rotatable bonds is 5. The van der Waals surface area contributed by atoms with Crippen molar-refractivity contribution in [1.29, 1.82) is 0 Å². The molecule has 0 bridgehead atoms. The Morgan fingerprint density at radius 1 is 1.41 bits per heavy atom. The quantitative estimate of drug-likeness (QED) is 0.524. The molecule has 1 saturated heterocycles. The van der Waals surface area contributed by atoms with Gasteiger partial charge in [0.1, 0.15) is 0 Å². The van der Waals surface area contributed by atoms with E-state index in [2.05, 4.69) is 19.2 Å². The lowest BCUT2D eigenvalue weighted by molar-refractivity contribution is -0.151. The smallest absolute Gasteiger partial charge is 0.305 e. The van der Waals surface area contributed by atoms with Crippen molar-refractivity contribution >= 4 is 11.9 Å². The maximum absolute atomic E-state index is 12.6. The van der Waals surface area contributed by atoms with Crippen molar-refractivity contribution in [1.82, 2.24) is 11.0 Å². The summed E-state index contributed by atoms with van der Waals surface area (Å²) in [5.74, 6) is -0.372. The molecule has 0 spiro atoms. The second kappa shape index (κ2) is 9.76. The highest BCUT2D eigenvalue weighted by molar-refractivity contribution is 5.79. The van der Waals surface area contributed by atoms with Crippen LogP contribution >= 0.6 is 0 Å². The van der Waals surface area contributed by atoms with E-state index in [0.29, 0.717) is 31.8 Å². The summed E-state index contributed by atoms with van der Waals surface area (Å²) in [5, 5.41) is 11.6. The zero-order chi connectivity index (χ0) is 16.5. The van der Waals surface area contributed by atoms with E-state index < -0.39 is 0 Å². The molecular formula is C15H28N2O5. The van der Waals surface area contributed by atoms with Gasteiger partial charge in [-0.1, -0.05) is 19.5 Å². The molecule has 0 aliphatic carbocycles. The fourth-order valence-corrected chi connectivity index (χ4v) is 2.71. The number of hydrogen-bond acceptors (Lipinski definition) is 6. The zero-order valence-electron chi connectivity index (χ0n) is 13.6. The molecular weight excluding hydrogens is 288 g/mol. The summed E-state index contributed by atoms with van der Waals surface area (Å²) < 4.78 is 5.15. The molecule has 1 amide bonds. The largest absolute Gasteiger partial charge is 0.466 e. The minimum absolute atomic E-state index is 0.0258. The molecule has 7 nitrogen and oxygen atoms in total. The first kappa shape index (κ1) is 18.9. The summed E-state index contributed by atoms with van der Waals surface area (Å²) in [7, 11) is 0. The highest BCUT2D eigenvalue weighted by Gasteiger charge is 2.31. The molecule has 7 heteroatoms. The van der Waals surface area contributed by atoms with Gasteiger partial charge in [-0.3, -0.25) is 19.6 Å². The van der Waals surface area contributed by atoms with Crippen molar-refractivity contribution in [3.63, 3.8) is 0 Å². The van der Waals surface area contributed by atoms with Crippen LogP contribution in [0, 0.1) is 17.8 Å². The molecule has 0 saturated carbocycles. The summed E-state index contributed by atoms with van der Waals surface area (Å²) in [5.41, 5.74) is 1.65. The van der Waals surface area contributed by atoms with Crippen LogP contribution in [-0.4, -0.2) is 36.3 Å². The Morgan fingerprint density at radius 3 is 2.77 bits per heavy atom.